The summed E-state index contributed by atoms with van der Waals surface area (Å²) < 4.78 is 18.4. The van der Waals surface area contributed by atoms with Gasteiger partial charge in [-0.05, 0) is 43.9 Å². The average Bonchev–Trinajstić information content (AvgIpc) is 2.48. The van der Waals surface area contributed by atoms with Gasteiger partial charge in [0, 0.05) is 6.54 Å². The number of hydrogen-bond donors (Lipinski definition) is 1. The van der Waals surface area contributed by atoms with Crippen LogP contribution in [0.2, 0.25) is 5.02 Å². The van der Waals surface area contributed by atoms with Gasteiger partial charge in [-0.2, -0.15) is 0 Å². The van der Waals surface area contributed by atoms with Crippen LogP contribution < -0.4 is 10.1 Å². The van der Waals surface area contributed by atoms with Gasteiger partial charge in [0.25, 0.3) is 5.91 Å². The Morgan fingerprint density at radius 2 is 2.14 bits per heavy atom. The number of rotatable bonds is 5. The summed E-state index contributed by atoms with van der Waals surface area (Å²) in [6.45, 7) is 2.36. The molecule has 116 valence electrons. The Morgan fingerprint density at radius 1 is 1.43 bits per heavy atom. The number of hydrogen-bond acceptors (Lipinski definition) is 2. The lowest BCUT2D eigenvalue weighted by Crippen LogP contribution is -2.39. The fraction of sp³-hybridized carbons (Fsp3) is 0.562. The third-order valence-electron chi connectivity index (χ3n) is 3.86. The first kappa shape index (κ1) is 16.1. The zero-order chi connectivity index (χ0) is 15.2. The molecule has 1 N–H and O–H groups in total. The van der Waals surface area contributed by atoms with E-state index >= 15 is 0 Å². The molecule has 2 rings (SSSR count). The smallest absolute Gasteiger partial charge is 0.260 e. The van der Waals surface area contributed by atoms with Crippen molar-refractivity contribution < 1.29 is 13.9 Å². The first-order valence-electron chi connectivity index (χ1n) is 7.45. The summed E-state index contributed by atoms with van der Waals surface area (Å²) in [4.78, 5) is 12.0. The second-order valence-corrected chi connectivity index (χ2v) is 5.99. The summed E-state index contributed by atoms with van der Waals surface area (Å²) in [5.41, 5.74) is 0. The average molecular weight is 314 g/mol. The van der Waals surface area contributed by atoms with Gasteiger partial charge in [-0.25, -0.2) is 4.39 Å². The second-order valence-electron chi connectivity index (χ2n) is 5.58. The molecule has 0 saturated heterocycles. The first-order valence-corrected chi connectivity index (χ1v) is 7.83. The number of amides is 1. The highest BCUT2D eigenvalue weighted by Crippen LogP contribution is 2.26. The van der Waals surface area contributed by atoms with Crippen LogP contribution >= 0.6 is 11.6 Å². The van der Waals surface area contributed by atoms with Gasteiger partial charge in [0.1, 0.15) is 11.6 Å². The molecule has 1 aliphatic carbocycles. The summed E-state index contributed by atoms with van der Waals surface area (Å²) in [6.07, 6.45) is 5.50. The number of ether oxygens (including phenoxy) is 1. The van der Waals surface area contributed by atoms with E-state index in [2.05, 4.69) is 5.32 Å². The lowest BCUT2D eigenvalue weighted by atomic mass is 9.89. The maximum Gasteiger partial charge on any atom is 0.260 e. The van der Waals surface area contributed by atoms with Crippen LogP contribution in [0.3, 0.4) is 0 Å². The summed E-state index contributed by atoms with van der Waals surface area (Å²) >= 11 is 5.88. The number of benzene rings is 1. The third-order valence-corrected chi connectivity index (χ3v) is 4.15. The maximum atomic E-state index is 13.0. The van der Waals surface area contributed by atoms with Gasteiger partial charge in [0.05, 0.1) is 5.02 Å². The van der Waals surface area contributed by atoms with Crippen LogP contribution in [0, 0.1) is 11.7 Å². The molecule has 21 heavy (non-hydrogen) atoms. The molecule has 5 heteroatoms. The predicted molar refractivity (Wildman–Crippen MR) is 81.1 cm³/mol. The molecule has 0 radical (unpaired) electrons. The molecule has 0 bridgehead atoms. The van der Waals surface area contributed by atoms with Crippen LogP contribution in [0.25, 0.3) is 0 Å². The van der Waals surface area contributed by atoms with Crippen molar-refractivity contribution in [1.82, 2.24) is 5.32 Å². The normalized spacial score (nSPS) is 17.3. The standard InChI is InChI=1S/C16H21ClFNO2/c1-11(21-15-8-7-13(18)9-14(15)17)16(20)19-10-12-5-3-2-4-6-12/h7-9,11-12H,2-6,10H2,1H3,(H,19,20). The number of nitrogens with one attached hydrogen (secondary N) is 1. The highest BCUT2D eigenvalue weighted by molar-refractivity contribution is 6.32. The molecular formula is C16H21ClFNO2. The van der Waals surface area contributed by atoms with E-state index in [0.717, 1.165) is 0 Å². The lowest BCUT2D eigenvalue weighted by Gasteiger charge is -2.23. The Hall–Kier alpha value is -1.29. The van der Waals surface area contributed by atoms with E-state index in [1.165, 1.54) is 50.3 Å². The molecule has 0 spiro atoms. The van der Waals surface area contributed by atoms with Crippen molar-refractivity contribution in [2.24, 2.45) is 5.92 Å². The summed E-state index contributed by atoms with van der Waals surface area (Å²) in [5, 5.41) is 3.09. The van der Waals surface area contributed by atoms with Gasteiger partial charge in [0.15, 0.2) is 6.10 Å². The molecule has 1 amide bonds. The highest BCUT2D eigenvalue weighted by Gasteiger charge is 2.19. The van der Waals surface area contributed by atoms with Crippen molar-refractivity contribution in [2.45, 2.75) is 45.1 Å². The Balaban J connectivity index is 1.81. The first-order chi connectivity index (χ1) is 10.1. The van der Waals surface area contributed by atoms with Crippen LogP contribution in [0.4, 0.5) is 4.39 Å². The fourth-order valence-corrected chi connectivity index (χ4v) is 2.81. The van der Waals surface area contributed by atoms with Gasteiger partial charge in [0.2, 0.25) is 0 Å². The molecule has 1 aliphatic rings. The summed E-state index contributed by atoms with van der Waals surface area (Å²) in [5.74, 6) is 0.297. The highest BCUT2D eigenvalue weighted by atomic mass is 35.5. The molecule has 1 aromatic rings. The molecule has 1 atom stereocenters. The molecule has 1 fully saturated rings. The molecule has 3 nitrogen and oxygen atoms in total. The summed E-state index contributed by atoms with van der Waals surface area (Å²) in [6, 6.07) is 3.86. The minimum absolute atomic E-state index is 0.166. The monoisotopic (exact) mass is 313 g/mol. The van der Waals surface area contributed by atoms with Gasteiger partial charge >= 0.3 is 0 Å². The lowest BCUT2D eigenvalue weighted by molar-refractivity contribution is -0.127. The van der Waals surface area contributed by atoms with Crippen LogP contribution in [-0.4, -0.2) is 18.6 Å². The Morgan fingerprint density at radius 3 is 2.81 bits per heavy atom. The Bertz CT molecular complexity index is 489. The number of carbonyl (C=O) groups excluding carboxylic acids is 1. The second kappa shape index (κ2) is 7.64. The van der Waals surface area contributed by atoms with Crippen LogP contribution in [-0.2, 0) is 4.79 Å². The third kappa shape index (κ3) is 4.88. The van der Waals surface area contributed by atoms with E-state index in [1.807, 2.05) is 0 Å². The molecule has 1 unspecified atom stereocenters. The van der Waals surface area contributed by atoms with E-state index in [-0.39, 0.29) is 10.9 Å². The van der Waals surface area contributed by atoms with Crippen molar-refractivity contribution in [2.75, 3.05) is 6.54 Å². The van der Waals surface area contributed by atoms with E-state index < -0.39 is 11.9 Å². The molecule has 1 aromatic carbocycles. The summed E-state index contributed by atoms with van der Waals surface area (Å²) in [7, 11) is 0. The van der Waals surface area contributed by atoms with Gasteiger partial charge < -0.3 is 10.1 Å². The Kier molecular flexibility index (Phi) is 5.85. The SMILES string of the molecule is CC(Oc1ccc(F)cc1Cl)C(=O)NCC1CCCCC1. The topological polar surface area (TPSA) is 38.3 Å². The Labute approximate surface area is 129 Å². The molecule has 1 saturated carbocycles. The zero-order valence-electron chi connectivity index (χ0n) is 12.2. The maximum absolute atomic E-state index is 13.0. The fourth-order valence-electron chi connectivity index (χ4n) is 2.59. The van der Waals surface area contributed by atoms with Crippen molar-refractivity contribution in [3.63, 3.8) is 0 Å². The van der Waals surface area contributed by atoms with Gasteiger partial charge in [-0.3, -0.25) is 4.79 Å². The van der Waals surface area contributed by atoms with Gasteiger partial charge in [-0.15, -0.1) is 0 Å². The van der Waals surface area contributed by atoms with Crippen LogP contribution in [0.5, 0.6) is 5.75 Å². The minimum atomic E-state index is -0.656. The van der Waals surface area contributed by atoms with Crippen molar-refractivity contribution in [3.8, 4) is 5.75 Å². The molecular weight excluding hydrogens is 293 g/mol. The predicted octanol–water partition coefficient (Wildman–Crippen LogP) is 3.94. The quantitative estimate of drug-likeness (QED) is 0.894. The number of halogens is 2. The van der Waals surface area contributed by atoms with Crippen molar-refractivity contribution in [1.29, 1.82) is 0 Å². The van der Waals surface area contributed by atoms with E-state index in [9.17, 15) is 9.18 Å². The number of carbonyl (C=O) groups is 1. The molecule has 0 heterocycles. The van der Waals surface area contributed by atoms with Gasteiger partial charge in [-0.1, -0.05) is 30.9 Å². The largest absolute Gasteiger partial charge is 0.479 e. The molecule has 0 aliphatic heterocycles. The van der Waals surface area contributed by atoms with Crippen molar-refractivity contribution in [3.05, 3.63) is 29.0 Å². The van der Waals surface area contributed by atoms with E-state index in [1.54, 1.807) is 6.92 Å². The minimum Gasteiger partial charge on any atom is -0.479 e. The van der Waals surface area contributed by atoms with Crippen molar-refractivity contribution >= 4 is 17.5 Å². The van der Waals surface area contributed by atoms with E-state index in [4.69, 9.17) is 16.3 Å². The molecule has 0 aromatic heterocycles. The van der Waals surface area contributed by atoms with Crippen LogP contribution in [0.15, 0.2) is 18.2 Å². The van der Waals surface area contributed by atoms with E-state index in [0.29, 0.717) is 18.2 Å². The zero-order valence-corrected chi connectivity index (χ0v) is 13.0. The van der Waals surface area contributed by atoms with Crippen LogP contribution in [0.1, 0.15) is 39.0 Å².